The van der Waals surface area contributed by atoms with Crippen LogP contribution in [0.25, 0.3) is 0 Å². The lowest BCUT2D eigenvalue weighted by Crippen LogP contribution is -2.49. The lowest BCUT2D eigenvalue weighted by Gasteiger charge is -2.35. The molecule has 9 heteroatoms. The summed E-state index contributed by atoms with van der Waals surface area (Å²) in [7, 11) is 0. The molecule has 176 valence electrons. The molecular weight excluding hydrogens is 415 g/mol. The van der Waals surface area contributed by atoms with Gasteiger partial charge in [0.2, 0.25) is 5.89 Å². The number of aliphatic hydroxyl groups excluding tert-OH is 1. The van der Waals surface area contributed by atoms with E-state index in [1.54, 1.807) is 12.1 Å². The Morgan fingerprint density at radius 1 is 1.28 bits per heavy atom. The first-order valence-electron chi connectivity index (χ1n) is 10.9. The van der Waals surface area contributed by atoms with E-state index in [2.05, 4.69) is 20.1 Å². The second kappa shape index (κ2) is 10.5. The number of rotatable bonds is 8. The minimum atomic E-state index is -0.521. The topological polar surface area (TPSA) is 91.1 Å². The first-order valence-corrected chi connectivity index (χ1v) is 10.9. The van der Waals surface area contributed by atoms with E-state index in [0.717, 1.165) is 31.7 Å². The number of amides is 1. The monoisotopic (exact) mass is 448 g/mol. The third-order valence-corrected chi connectivity index (χ3v) is 5.16. The zero-order chi connectivity index (χ0) is 23.3. The molecule has 2 aromatic rings. The number of aryl methyl sites for hydroxylation is 1. The molecule has 0 spiro atoms. The van der Waals surface area contributed by atoms with Crippen LogP contribution in [0.15, 0.2) is 28.9 Å². The van der Waals surface area contributed by atoms with Crippen LogP contribution in [0.1, 0.15) is 42.7 Å². The van der Waals surface area contributed by atoms with E-state index >= 15 is 0 Å². The van der Waals surface area contributed by atoms with Crippen molar-refractivity contribution in [2.45, 2.75) is 45.9 Å². The predicted molar refractivity (Wildman–Crippen MR) is 119 cm³/mol. The van der Waals surface area contributed by atoms with Gasteiger partial charge in [-0.15, -0.1) is 0 Å². The van der Waals surface area contributed by atoms with Gasteiger partial charge in [0.25, 0.3) is 5.91 Å². The fraction of sp³-hybridized carbons (Fsp3) is 0.565. The minimum absolute atomic E-state index is 0.113. The summed E-state index contributed by atoms with van der Waals surface area (Å²) in [6.45, 7) is 12.3. The van der Waals surface area contributed by atoms with Crippen LogP contribution in [0.4, 0.5) is 10.1 Å². The molecular formula is C23H33FN4O4. The number of nitrogens with zero attached hydrogens (tertiary/aromatic N) is 3. The summed E-state index contributed by atoms with van der Waals surface area (Å²) in [6.07, 6.45) is 0.770. The lowest BCUT2D eigenvalue weighted by molar-refractivity contribution is -0.0588. The molecule has 32 heavy (non-hydrogen) atoms. The van der Waals surface area contributed by atoms with Crippen LogP contribution in [0, 0.1) is 12.7 Å². The summed E-state index contributed by atoms with van der Waals surface area (Å²) >= 11 is 0. The van der Waals surface area contributed by atoms with Crippen LogP contribution >= 0.6 is 0 Å². The molecule has 1 aliphatic rings. The van der Waals surface area contributed by atoms with Crippen molar-refractivity contribution in [3.05, 3.63) is 47.4 Å². The molecule has 2 heterocycles. The van der Waals surface area contributed by atoms with Crippen molar-refractivity contribution in [2.75, 3.05) is 44.6 Å². The molecule has 1 unspecified atom stereocenters. The van der Waals surface area contributed by atoms with Gasteiger partial charge in [0, 0.05) is 32.7 Å². The van der Waals surface area contributed by atoms with E-state index in [1.165, 1.54) is 12.3 Å². The number of hydrogen-bond donors (Lipinski definition) is 2. The summed E-state index contributed by atoms with van der Waals surface area (Å²) in [5, 5.41) is 12.7. The Kier molecular flexibility index (Phi) is 8.00. The Hall–Kier alpha value is -2.33. The van der Waals surface area contributed by atoms with Crippen molar-refractivity contribution in [3.63, 3.8) is 0 Å². The molecule has 0 aliphatic carbocycles. The highest BCUT2D eigenvalue weighted by Gasteiger charge is 2.22. The van der Waals surface area contributed by atoms with Gasteiger partial charge >= 0.3 is 0 Å². The third-order valence-electron chi connectivity index (χ3n) is 5.16. The van der Waals surface area contributed by atoms with E-state index in [-0.39, 0.29) is 17.0 Å². The fourth-order valence-corrected chi connectivity index (χ4v) is 3.43. The Labute approximate surface area is 188 Å². The van der Waals surface area contributed by atoms with Crippen LogP contribution in [0.3, 0.4) is 0 Å². The van der Waals surface area contributed by atoms with Crippen LogP contribution in [-0.2, 0) is 11.3 Å². The predicted octanol–water partition coefficient (Wildman–Crippen LogP) is 2.67. The smallest absolute Gasteiger partial charge is 0.277 e. The Morgan fingerprint density at radius 2 is 1.97 bits per heavy atom. The highest BCUT2D eigenvalue weighted by Crippen LogP contribution is 2.17. The normalized spacial score (nSPS) is 16.8. The van der Waals surface area contributed by atoms with E-state index in [0.29, 0.717) is 25.6 Å². The average molecular weight is 449 g/mol. The molecule has 1 aliphatic heterocycles. The number of β-amino-alcohol motifs (C(OH)–C–C–N with tert-alkyl or cyclic N) is 1. The molecule has 0 radical (unpaired) electrons. The number of aliphatic hydroxyl groups is 1. The number of piperazine rings is 1. The molecule has 0 bridgehead atoms. The second-order valence-corrected chi connectivity index (χ2v) is 9.22. The van der Waals surface area contributed by atoms with Gasteiger partial charge in [0.1, 0.15) is 12.1 Å². The fourth-order valence-electron chi connectivity index (χ4n) is 3.43. The average Bonchev–Trinajstić information content (AvgIpc) is 3.19. The van der Waals surface area contributed by atoms with Gasteiger partial charge < -0.3 is 19.6 Å². The quantitative estimate of drug-likeness (QED) is 0.642. The maximum absolute atomic E-state index is 13.9. The van der Waals surface area contributed by atoms with Gasteiger partial charge in [-0.2, -0.15) is 0 Å². The molecule has 1 aromatic heterocycles. The molecule has 1 saturated heterocycles. The van der Waals surface area contributed by atoms with Crippen LogP contribution in [-0.4, -0.2) is 76.8 Å². The number of benzene rings is 1. The molecule has 2 N–H and O–H groups in total. The van der Waals surface area contributed by atoms with E-state index < -0.39 is 17.8 Å². The first kappa shape index (κ1) is 24.3. The van der Waals surface area contributed by atoms with E-state index in [9.17, 15) is 14.3 Å². The lowest BCUT2D eigenvalue weighted by atomic mass is 10.2. The standard InChI is InChI=1S/C23H33FN4O4/c1-16-5-6-18(24)19(11-16)26-22(30)20-15-31-21(25-20)13-28-9-7-27(8-10-28)12-17(29)14-32-23(2,3)4/h5-6,11,15,17,29H,7-10,12-14H2,1-4H3,(H,26,30). The SMILES string of the molecule is Cc1ccc(F)c(NC(=O)c2coc(CN3CCN(CC(O)COC(C)(C)C)CC3)n2)c1. The van der Waals surface area contributed by atoms with Crippen molar-refractivity contribution in [1.29, 1.82) is 0 Å². The number of oxazole rings is 1. The first-order chi connectivity index (χ1) is 15.1. The van der Waals surface area contributed by atoms with Gasteiger partial charge in [0.05, 0.1) is 30.5 Å². The number of nitrogens with one attached hydrogen (secondary N) is 1. The highest BCUT2D eigenvalue weighted by molar-refractivity contribution is 6.02. The molecule has 8 nitrogen and oxygen atoms in total. The molecule has 1 fully saturated rings. The summed E-state index contributed by atoms with van der Waals surface area (Å²) in [4.78, 5) is 21.0. The van der Waals surface area contributed by atoms with Crippen LogP contribution in [0.5, 0.6) is 0 Å². The number of aromatic nitrogens is 1. The number of carbonyl (C=O) groups excluding carboxylic acids is 1. The zero-order valence-corrected chi connectivity index (χ0v) is 19.2. The summed E-state index contributed by atoms with van der Waals surface area (Å²) < 4.78 is 25.0. The highest BCUT2D eigenvalue weighted by atomic mass is 19.1. The third kappa shape index (κ3) is 7.37. The van der Waals surface area contributed by atoms with Gasteiger partial charge in [0.15, 0.2) is 5.69 Å². The minimum Gasteiger partial charge on any atom is -0.447 e. The summed E-state index contributed by atoms with van der Waals surface area (Å²) in [6, 6.07) is 4.52. The number of hydrogen-bond acceptors (Lipinski definition) is 7. The molecule has 1 amide bonds. The molecule has 1 aromatic carbocycles. The van der Waals surface area contributed by atoms with Crippen LogP contribution < -0.4 is 5.32 Å². The second-order valence-electron chi connectivity index (χ2n) is 9.22. The van der Waals surface area contributed by atoms with Crippen molar-refractivity contribution in [1.82, 2.24) is 14.8 Å². The number of halogens is 1. The number of ether oxygens (including phenoxy) is 1. The zero-order valence-electron chi connectivity index (χ0n) is 19.2. The van der Waals surface area contributed by atoms with Gasteiger partial charge in [-0.25, -0.2) is 9.37 Å². The van der Waals surface area contributed by atoms with Crippen molar-refractivity contribution >= 4 is 11.6 Å². The van der Waals surface area contributed by atoms with E-state index in [1.807, 2.05) is 27.7 Å². The maximum Gasteiger partial charge on any atom is 0.277 e. The van der Waals surface area contributed by atoms with Gasteiger partial charge in [-0.3, -0.25) is 14.6 Å². The van der Waals surface area contributed by atoms with Crippen molar-refractivity contribution < 1.29 is 23.4 Å². The Bertz CT molecular complexity index is 904. The molecule has 1 atom stereocenters. The molecule has 0 saturated carbocycles. The van der Waals surface area contributed by atoms with E-state index in [4.69, 9.17) is 9.15 Å². The van der Waals surface area contributed by atoms with Crippen LogP contribution in [0.2, 0.25) is 0 Å². The van der Waals surface area contributed by atoms with Gasteiger partial charge in [-0.05, 0) is 45.4 Å². The Balaban J connectivity index is 1.44. The largest absolute Gasteiger partial charge is 0.447 e. The van der Waals surface area contributed by atoms with Gasteiger partial charge in [-0.1, -0.05) is 6.07 Å². The summed E-state index contributed by atoms with van der Waals surface area (Å²) in [5.41, 5.74) is 0.808. The molecule has 3 rings (SSSR count). The maximum atomic E-state index is 13.9. The number of anilines is 1. The summed E-state index contributed by atoms with van der Waals surface area (Å²) in [5.74, 6) is -0.576. The number of carbonyl (C=O) groups is 1. The van der Waals surface area contributed by atoms with Crippen molar-refractivity contribution in [3.8, 4) is 0 Å². The Morgan fingerprint density at radius 3 is 2.66 bits per heavy atom. The van der Waals surface area contributed by atoms with Crippen molar-refractivity contribution in [2.24, 2.45) is 0 Å².